The Morgan fingerprint density at radius 3 is 2.36 bits per heavy atom. The zero-order valence-corrected chi connectivity index (χ0v) is 15.1. The summed E-state index contributed by atoms with van der Waals surface area (Å²) in [5.41, 5.74) is 8.84. The van der Waals surface area contributed by atoms with Crippen molar-refractivity contribution < 1.29 is 19.5 Å². The third-order valence-corrected chi connectivity index (χ3v) is 6.52. The number of carbonyl (C=O) groups excluding carboxylic acids is 3. The first-order valence-corrected chi connectivity index (χ1v) is 9.22. The molecule has 0 spiro atoms. The quantitative estimate of drug-likeness (QED) is 0.789. The van der Waals surface area contributed by atoms with Crippen LogP contribution in [0, 0.1) is 11.8 Å². The van der Waals surface area contributed by atoms with Gasteiger partial charge in [-0.25, -0.2) is 0 Å². The lowest BCUT2D eigenvalue weighted by Gasteiger charge is -2.32. The number of hydrogen-bond donors (Lipinski definition) is 2. The monoisotopic (exact) mass is 361 g/mol. The first-order chi connectivity index (χ1) is 11.8. The average Bonchev–Trinajstić information content (AvgIpc) is 3.09. The number of carboxylic acid groups (broad SMARTS) is 1. The second kappa shape index (κ2) is 6.63. The molecule has 0 fully saturated rings. The second-order valence-corrected chi connectivity index (χ2v) is 8.02. The molecule has 0 aliphatic heterocycles. The van der Waals surface area contributed by atoms with E-state index in [9.17, 15) is 19.5 Å². The Morgan fingerprint density at radius 1 is 1.12 bits per heavy atom. The van der Waals surface area contributed by atoms with Crippen LogP contribution < -0.4 is 16.2 Å². The molecule has 1 aromatic rings. The molecule has 2 atom stereocenters. The molecular weight excluding hydrogens is 340 g/mol. The molecule has 1 heterocycles. The molecule has 0 saturated carbocycles. The van der Waals surface area contributed by atoms with Crippen LogP contribution in [0.2, 0.25) is 0 Å². The van der Waals surface area contributed by atoms with Crippen LogP contribution in [0.15, 0.2) is 11.1 Å². The van der Waals surface area contributed by atoms with Gasteiger partial charge in [0.25, 0.3) is 5.91 Å². The molecule has 2 aliphatic carbocycles. The number of rotatable bonds is 4. The highest BCUT2D eigenvalue weighted by Gasteiger charge is 2.35. The van der Waals surface area contributed by atoms with Gasteiger partial charge in [0, 0.05) is 16.8 Å². The third kappa shape index (κ3) is 3.20. The van der Waals surface area contributed by atoms with Crippen LogP contribution >= 0.6 is 11.3 Å². The van der Waals surface area contributed by atoms with E-state index in [0.29, 0.717) is 23.4 Å². The first-order valence-electron chi connectivity index (χ1n) is 8.40. The van der Waals surface area contributed by atoms with E-state index in [1.165, 1.54) is 11.3 Å². The van der Waals surface area contributed by atoms with Gasteiger partial charge in [0.15, 0.2) is 0 Å². The highest BCUT2D eigenvalue weighted by Crippen LogP contribution is 2.40. The predicted octanol–water partition coefficient (Wildman–Crippen LogP) is 1.39. The van der Waals surface area contributed by atoms with Gasteiger partial charge in [0.1, 0.15) is 5.00 Å². The number of carbonyl (C=O) groups is 3. The summed E-state index contributed by atoms with van der Waals surface area (Å²) in [7, 11) is 0. The van der Waals surface area contributed by atoms with Crippen molar-refractivity contribution in [1.29, 1.82) is 0 Å². The maximum atomic E-state index is 12.8. The number of aliphatic carboxylic acids is 1. The molecule has 134 valence electrons. The Morgan fingerprint density at radius 2 is 1.76 bits per heavy atom. The highest BCUT2D eigenvalue weighted by molar-refractivity contribution is 7.17. The summed E-state index contributed by atoms with van der Waals surface area (Å²) < 4.78 is 0. The van der Waals surface area contributed by atoms with Gasteiger partial charge in [0.2, 0.25) is 5.91 Å². The van der Waals surface area contributed by atoms with Crippen molar-refractivity contribution >= 4 is 34.1 Å². The number of nitrogens with two attached hydrogens (primary N) is 1. The molecular formula is C18H21N2O4S-. The standard InChI is InChI=1S/C18H22N2O4S/c1-8-6-11(12(18(23)24)7-9(8)2)16(22)20-17-14(15(19)21)10-4-3-5-13(10)25-17/h11-12H,3-7H2,1-2H3,(H2,19,21)(H,20,22)(H,23,24)/p-1/t11-,12-/m1/s1. The van der Waals surface area contributed by atoms with E-state index in [1.54, 1.807) is 0 Å². The molecule has 2 aliphatic rings. The lowest BCUT2D eigenvalue weighted by molar-refractivity contribution is -0.313. The maximum absolute atomic E-state index is 12.8. The molecule has 0 aromatic carbocycles. The van der Waals surface area contributed by atoms with Crippen molar-refractivity contribution in [3.05, 3.63) is 27.2 Å². The lowest BCUT2D eigenvalue weighted by atomic mass is 9.76. The lowest BCUT2D eigenvalue weighted by Crippen LogP contribution is -2.42. The van der Waals surface area contributed by atoms with E-state index >= 15 is 0 Å². The van der Waals surface area contributed by atoms with Crippen molar-refractivity contribution in [2.24, 2.45) is 17.6 Å². The van der Waals surface area contributed by atoms with Gasteiger partial charge in [-0.05, 0) is 51.5 Å². The number of anilines is 1. The minimum absolute atomic E-state index is 0.315. The molecule has 0 unspecified atom stereocenters. The van der Waals surface area contributed by atoms with Gasteiger partial charge >= 0.3 is 0 Å². The Balaban J connectivity index is 1.87. The van der Waals surface area contributed by atoms with E-state index in [-0.39, 0.29) is 5.91 Å². The zero-order valence-electron chi connectivity index (χ0n) is 14.3. The fraction of sp³-hybridized carbons (Fsp3) is 0.500. The van der Waals surface area contributed by atoms with E-state index in [2.05, 4.69) is 5.32 Å². The van der Waals surface area contributed by atoms with Crippen LogP contribution in [-0.2, 0) is 22.4 Å². The van der Waals surface area contributed by atoms with Crippen LogP contribution in [0.25, 0.3) is 0 Å². The molecule has 2 amide bonds. The van der Waals surface area contributed by atoms with Crippen molar-refractivity contribution in [3.8, 4) is 0 Å². The Hall–Kier alpha value is -2.15. The number of aryl methyl sites for hydroxylation is 1. The molecule has 0 saturated heterocycles. The Labute approximate surface area is 150 Å². The summed E-state index contributed by atoms with van der Waals surface area (Å²) in [5, 5.41) is 14.7. The van der Waals surface area contributed by atoms with Crippen molar-refractivity contribution in [2.75, 3.05) is 5.32 Å². The van der Waals surface area contributed by atoms with E-state index in [0.717, 1.165) is 40.8 Å². The summed E-state index contributed by atoms with van der Waals surface area (Å²) in [5.74, 6) is -3.71. The van der Waals surface area contributed by atoms with Gasteiger partial charge < -0.3 is 21.0 Å². The maximum Gasteiger partial charge on any atom is 0.251 e. The summed E-state index contributed by atoms with van der Waals surface area (Å²) >= 11 is 1.37. The number of primary amides is 1. The second-order valence-electron chi connectivity index (χ2n) is 6.92. The summed E-state index contributed by atoms with van der Waals surface area (Å²) in [4.78, 5) is 37.2. The van der Waals surface area contributed by atoms with Crippen LogP contribution in [0.4, 0.5) is 5.00 Å². The fourth-order valence-electron chi connectivity index (χ4n) is 3.77. The number of allylic oxidation sites excluding steroid dienone is 2. The van der Waals surface area contributed by atoms with Gasteiger partial charge in [-0.2, -0.15) is 0 Å². The summed E-state index contributed by atoms with van der Waals surface area (Å²) in [6.45, 7) is 3.80. The van der Waals surface area contributed by atoms with E-state index < -0.39 is 23.7 Å². The number of carboxylic acids is 1. The Bertz CT molecular complexity index is 793. The molecule has 25 heavy (non-hydrogen) atoms. The van der Waals surface area contributed by atoms with Gasteiger partial charge in [-0.15, -0.1) is 11.3 Å². The number of fused-ring (bicyclic) bond motifs is 1. The van der Waals surface area contributed by atoms with E-state index in [1.807, 2.05) is 13.8 Å². The topological polar surface area (TPSA) is 112 Å². The first kappa shape index (κ1) is 17.7. The molecule has 3 rings (SSSR count). The predicted molar refractivity (Wildman–Crippen MR) is 93.1 cm³/mol. The molecule has 0 radical (unpaired) electrons. The van der Waals surface area contributed by atoms with Crippen molar-refractivity contribution in [2.45, 2.75) is 46.0 Å². The number of nitrogens with one attached hydrogen (secondary N) is 1. The van der Waals surface area contributed by atoms with E-state index in [4.69, 9.17) is 5.73 Å². The fourth-order valence-corrected chi connectivity index (χ4v) is 5.07. The zero-order chi connectivity index (χ0) is 18.3. The molecule has 1 aromatic heterocycles. The molecule has 7 heteroatoms. The highest BCUT2D eigenvalue weighted by atomic mass is 32.1. The number of thiophene rings is 1. The normalized spacial score (nSPS) is 22.6. The minimum Gasteiger partial charge on any atom is -0.550 e. The third-order valence-electron chi connectivity index (χ3n) is 5.31. The van der Waals surface area contributed by atoms with Crippen molar-refractivity contribution in [3.63, 3.8) is 0 Å². The van der Waals surface area contributed by atoms with Crippen LogP contribution in [-0.4, -0.2) is 17.8 Å². The number of amides is 2. The SMILES string of the molecule is CC1=C(C)C[C@@H](C(=O)Nc2sc3c(c2C(N)=O)CCC3)[C@H](C(=O)[O-])C1. The number of hydrogen-bond acceptors (Lipinski definition) is 5. The summed E-state index contributed by atoms with van der Waals surface area (Å²) in [6, 6.07) is 0. The van der Waals surface area contributed by atoms with Gasteiger partial charge in [-0.1, -0.05) is 11.1 Å². The largest absolute Gasteiger partial charge is 0.550 e. The van der Waals surface area contributed by atoms with Gasteiger partial charge in [-0.3, -0.25) is 9.59 Å². The van der Waals surface area contributed by atoms with Crippen LogP contribution in [0.1, 0.15) is 53.9 Å². The minimum atomic E-state index is -1.21. The Kier molecular flexibility index (Phi) is 4.69. The van der Waals surface area contributed by atoms with Crippen molar-refractivity contribution in [1.82, 2.24) is 0 Å². The van der Waals surface area contributed by atoms with Crippen LogP contribution in [0.3, 0.4) is 0 Å². The average molecular weight is 361 g/mol. The molecule has 3 N–H and O–H groups in total. The van der Waals surface area contributed by atoms with Gasteiger partial charge in [0.05, 0.1) is 11.5 Å². The smallest absolute Gasteiger partial charge is 0.251 e. The molecule has 6 nitrogen and oxygen atoms in total. The molecule has 0 bridgehead atoms. The van der Waals surface area contributed by atoms with Crippen LogP contribution in [0.5, 0.6) is 0 Å². The summed E-state index contributed by atoms with van der Waals surface area (Å²) in [6.07, 6.45) is 3.34.